The van der Waals surface area contributed by atoms with Crippen LogP contribution in [0.25, 0.3) is 10.2 Å². The number of thiazole rings is 1. The molecule has 0 radical (unpaired) electrons. The number of hydrogen-bond donors (Lipinski definition) is 1. The van der Waals surface area contributed by atoms with Gasteiger partial charge in [0.2, 0.25) is 0 Å². The summed E-state index contributed by atoms with van der Waals surface area (Å²) in [6.45, 7) is 5.38. The normalized spacial score (nSPS) is 27.3. The molecule has 3 atom stereocenters. The standard InChI is InChI=1S/C30H37N3O4S/c1-30(2)11-9-17(10-12-30)26-23(27(37-32-26)18-3-4-18)16-36-22-14-20-6-7-21(15-22)33(20)29-31-24-8-5-19(28(34)35)13-25(24)38-29/h5,8,13,17-18,20-22H,3-4,6-7,9-12,14-16H2,1-2H3,(H,34,35)/t20-,21+,22?. The van der Waals surface area contributed by atoms with Crippen molar-refractivity contribution < 1.29 is 19.2 Å². The molecule has 0 spiro atoms. The number of rotatable bonds is 7. The second kappa shape index (κ2) is 9.33. The number of fused-ring (bicyclic) bond motifs is 3. The first kappa shape index (κ1) is 24.6. The van der Waals surface area contributed by atoms with Crippen molar-refractivity contribution in [3.63, 3.8) is 0 Å². The van der Waals surface area contributed by atoms with E-state index in [1.807, 2.05) is 6.07 Å². The van der Waals surface area contributed by atoms with Crippen LogP contribution in [0.15, 0.2) is 22.7 Å². The predicted molar refractivity (Wildman–Crippen MR) is 147 cm³/mol. The maximum Gasteiger partial charge on any atom is 0.335 e. The molecule has 38 heavy (non-hydrogen) atoms. The topological polar surface area (TPSA) is 88.7 Å². The fourth-order valence-electron chi connectivity index (χ4n) is 7.07. The number of carboxylic acids is 1. The SMILES string of the molecule is CC1(C)CCC(c2noc(C3CC3)c2COC2C[C@H]3CC[C@@H](C2)N3c2nc3ccc(C(=O)O)cc3s2)CC1. The Labute approximate surface area is 227 Å². The second-order valence-corrected chi connectivity index (χ2v) is 13.8. The molecule has 4 aliphatic rings. The Morgan fingerprint density at radius 3 is 2.53 bits per heavy atom. The van der Waals surface area contributed by atoms with Crippen LogP contribution in [0.1, 0.15) is 117 Å². The Balaban J connectivity index is 1.05. The average Bonchev–Trinajstić information content (AvgIpc) is 3.41. The van der Waals surface area contributed by atoms with E-state index in [0.29, 0.717) is 41.5 Å². The van der Waals surface area contributed by atoms with Gasteiger partial charge in [-0.3, -0.25) is 0 Å². The highest BCUT2D eigenvalue weighted by Crippen LogP contribution is 2.48. The second-order valence-electron chi connectivity index (χ2n) is 12.8. The van der Waals surface area contributed by atoms with Crippen LogP contribution in [0.4, 0.5) is 5.13 Å². The summed E-state index contributed by atoms with van der Waals surface area (Å²) in [5.41, 5.74) is 4.07. The summed E-state index contributed by atoms with van der Waals surface area (Å²) in [4.78, 5) is 18.8. The van der Waals surface area contributed by atoms with E-state index in [1.165, 1.54) is 49.8 Å². The molecule has 2 aliphatic heterocycles. The number of hydrogen-bond acceptors (Lipinski definition) is 7. The van der Waals surface area contributed by atoms with Crippen LogP contribution in [0.2, 0.25) is 0 Å². The van der Waals surface area contributed by atoms with Gasteiger partial charge < -0.3 is 19.3 Å². The van der Waals surface area contributed by atoms with Gasteiger partial charge in [-0.2, -0.15) is 0 Å². The van der Waals surface area contributed by atoms with E-state index >= 15 is 0 Å². The minimum Gasteiger partial charge on any atom is -0.478 e. The fourth-order valence-corrected chi connectivity index (χ4v) is 8.22. The molecule has 1 N–H and O–H groups in total. The van der Waals surface area contributed by atoms with Crippen molar-refractivity contribution in [1.29, 1.82) is 0 Å². The van der Waals surface area contributed by atoms with Crippen molar-refractivity contribution in [2.75, 3.05) is 4.90 Å². The predicted octanol–water partition coefficient (Wildman–Crippen LogP) is 7.26. The Hall–Kier alpha value is -2.45. The number of aromatic nitrogens is 2. The third kappa shape index (κ3) is 4.53. The molecule has 1 aromatic carbocycles. The van der Waals surface area contributed by atoms with Crippen LogP contribution in [-0.4, -0.2) is 39.4 Å². The molecule has 2 bridgehead atoms. The van der Waals surface area contributed by atoms with E-state index in [-0.39, 0.29) is 6.10 Å². The van der Waals surface area contributed by atoms with Crippen molar-refractivity contribution in [3.05, 3.63) is 40.8 Å². The number of benzene rings is 1. The lowest BCUT2D eigenvalue weighted by Gasteiger charge is -2.38. The average molecular weight is 536 g/mol. The quantitative estimate of drug-likeness (QED) is 0.340. The molecule has 2 aliphatic carbocycles. The van der Waals surface area contributed by atoms with E-state index in [9.17, 15) is 9.90 Å². The van der Waals surface area contributed by atoms with Gasteiger partial charge in [0, 0.05) is 29.5 Å². The van der Waals surface area contributed by atoms with Gasteiger partial charge >= 0.3 is 5.97 Å². The maximum atomic E-state index is 11.4. The molecule has 3 aromatic rings. The van der Waals surface area contributed by atoms with Crippen molar-refractivity contribution in [1.82, 2.24) is 10.1 Å². The number of piperidine rings is 1. The summed E-state index contributed by atoms with van der Waals surface area (Å²) in [5, 5.41) is 15.0. The lowest BCUT2D eigenvalue weighted by Crippen LogP contribution is -2.45. The summed E-state index contributed by atoms with van der Waals surface area (Å²) < 4.78 is 13.6. The highest BCUT2D eigenvalue weighted by molar-refractivity contribution is 7.22. The summed E-state index contributed by atoms with van der Waals surface area (Å²) in [7, 11) is 0. The van der Waals surface area contributed by atoms with Crippen LogP contribution >= 0.6 is 11.3 Å². The van der Waals surface area contributed by atoms with Gasteiger partial charge in [0.15, 0.2) is 5.13 Å². The number of carboxylic acid groups (broad SMARTS) is 1. The van der Waals surface area contributed by atoms with E-state index < -0.39 is 5.97 Å². The number of carbonyl (C=O) groups is 1. The third-order valence-electron chi connectivity index (χ3n) is 9.52. The number of aromatic carboxylic acids is 1. The van der Waals surface area contributed by atoms with Gasteiger partial charge in [0.05, 0.1) is 34.2 Å². The van der Waals surface area contributed by atoms with Crippen LogP contribution in [0.3, 0.4) is 0 Å². The highest BCUT2D eigenvalue weighted by atomic mass is 32.1. The molecule has 8 heteroatoms. The number of ether oxygens (including phenoxy) is 1. The molecule has 4 heterocycles. The lowest BCUT2D eigenvalue weighted by molar-refractivity contribution is 0.0140. The van der Waals surface area contributed by atoms with Crippen LogP contribution in [-0.2, 0) is 11.3 Å². The van der Waals surface area contributed by atoms with Gasteiger partial charge in [0.25, 0.3) is 0 Å². The molecule has 2 aromatic heterocycles. The Morgan fingerprint density at radius 2 is 1.84 bits per heavy atom. The molecule has 1 unspecified atom stereocenters. The Morgan fingerprint density at radius 1 is 1.11 bits per heavy atom. The Kier molecular flexibility index (Phi) is 6.04. The number of anilines is 1. The minimum absolute atomic E-state index is 0.233. The van der Waals surface area contributed by atoms with Gasteiger partial charge in [0.1, 0.15) is 5.76 Å². The first-order chi connectivity index (χ1) is 18.3. The molecule has 202 valence electrons. The molecule has 7 nitrogen and oxygen atoms in total. The maximum absolute atomic E-state index is 11.4. The van der Waals surface area contributed by atoms with E-state index in [0.717, 1.165) is 46.8 Å². The van der Waals surface area contributed by atoms with E-state index in [1.54, 1.807) is 23.5 Å². The lowest BCUT2D eigenvalue weighted by atomic mass is 9.72. The van der Waals surface area contributed by atoms with Crippen molar-refractivity contribution in [2.24, 2.45) is 5.41 Å². The first-order valence-electron chi connectivity index (χ1n) is 14.4. The van der Waals surface area contributed by atoms with Gasteiger partial charge in [-0.15, -0.1) is 0 Å². The van der Waals surface area contributed by atoms with Gasteiger partial charge in [-0.05, 0) is 87.8 Å². The van der Waals surface area contributed by atoms with Gasteiger partial charge in [-0.1, -0.05) is 30.3 Å². The van der Waals surface area contributed by atoms with Crippen LogP contribution in [0, 0.1) is 5.41 Å². The zero-order valence-corrected chi connectivity index (χ0v) is 23.1. The van der Waals surface area contributed by atoms with E-state index in [4.69, 9.17) is 14.2 Å². The van der Waals surface area contributed by atoms with Crippen LogP contribution in [0.5, 0.6) is 0 Å². The van der Waals surface area contributed by atoms with Crippen molar-refractivity contribution in [2.45, 2.75) is 115 Å². The van der Waals surface area contributed by atoms with E-state index in [2.05, 4.69) is 23.9 Å². The number of nitrogens with zero attached hydrogens (tertiary/aromatic N) is 3. The molecule has 4 fully saturated rings. The molecule has 7 rings (SSSR count). The monoisotopic (exact) mass is 535 g/mol. The largest absolute Gasteiger partial charge is 0.478 e. The van der Waals surface area contributed by atoms with Crippen LogP contribution < -0.4 is 4.90 Å². The minimum atomic E-state index is -0.895. The highest BCUT2D eigenvalue weighted by Gasteiger charge is 2.43. The zero-order chi connectivity index (χ0) is 26.0. The summed E-state index contributed by atoms with van der Waals surface area (Å²) in [6.07, 6.45) is 11.8. The Bertz CT molecular complexity index is 1330. The molecular formula is C30H37N3O4S. The summed E-state index contributed by atoms with van der Waals surface area (Å²) in [5.74, 6) is 1.23. The van der Waals surface area contributed by atoms with Crippen molar-refractivity contribution >= 4 is 32.7 Å². The molecule has 2 saturated carbocycles. The van der Waals surface area contributed by atoms with Gasteiger partial charge in [-0.25, -0.2) is 9.78 Å². The zero-order valence-electron chi connectivity index (χ0n) is 22.3. The smallest absolute Gasteiger partial charge is 0.335 e. The molecule has 2 saturated heterocycles. The summed E-state index contributed by atoms with van der Waals surface area (Å²) >= 11 is 1.62. The molecule has 0 amide bonds. The third-order valence-corrected chi connectivity index (χ3v) is 10.6. The van der Waals surface area contributed by atoms with Crippen molar-refractivity contribution in [3.8, 4) is 0 Å². The fraction of sp³-hybridized carbons (Fsp3) is 0.633. The molecular weight excluding hydrogens is 498 g/mol. The summed E-state index contributed by atoms with van der Waals surface area (Å²) in [6, 6.07) is 6.06. The first-order valence-corrected chi connectivity index (χ1v) is 15.2.